The number of aromatic nitrogens is 2. The summed E-state index contributed by atoms with van der Waals surface area (Å²) in [7, 11) is 0. The highest BCUT2D eigenvalue weighted by Crippen LogP contribution is 2.13. The predicted octanol–water partition coefficient (Wildman–Crippen LogP) is 3.47. The number of carbonyl (C=O) groups excluding carboxylic acids is 1. The van der Waals surface area contributed by atoms with Crippen molar-refractivity contribution in [3.8, 4) is 0 Å². The van der Waals surface area contributed by atoms with Gasteiger partial charge in [0.05, 0.1) is 5.56 Å². The Morgan fingerprint density at radius 2 is 1.69 bits per heavy atom. The van der Waals surface area contributed by atoms with Gasteiger partial charge in [0, 0.05) is 24.6 Å². The van der Waals surface area contributed by atoms with E-state index in [0.717, 1.165) is 5.56 Å². The molecule has 0 fully saturated rings. The summed E-state index contributed by atoms with van der Waals surface area (Å²) in [6.45, 7) is 0.410. The molecule has 0 bridgehead atoms. The largest absolute Gasteiger partial charge is 0.352 e. The van der Waals surface area contributed by atoms with E-state index in [-0.39, 0.29) is 23.5 Å². The highest BCUT2D eigenvalue weighted by atomic mass is 19.1. The van der Waals surface area contributed by atoms with Crippen molar-refractivity contribution < 1.29 is 13.6 Å². The molecule has 0 unspecified atom stereocenters. The van der Waals surface area contributed by atoms with Crippen LogP contribution in [0.4, 0.5) is 20.4 Å². The van der Waals surface area contributed by atoms with Crippen molar-refractivity contribution in [1.29, 1.82) is 0 Å². The van der Waals surface area contributed by atoms with Crippen molar-refractivity contribution in [1.82, 2.24) is 15.3 Å². The lowest BCUT2D eigenvalue weighted by molar-refractivity contribution is 0.0953. The second-order valence-electron chi connectivity index (χ2n) is 5.56. The minimum Gasteiger partial charge on any atom is -0.352 e. The number of carbonyl (C=O) groups is 1. The molecule has 0 atom stereocenters. The molecule has 1 aromatic heterocycles. The number of nitrogens with one attached hydrogen (secondary N) is 2. The molecule has 0 aliphatic heterocycles. The Bertz CT molecular complexity index is 883. The molecule has 0 saturated carbocycles. The van der Waals surface area contributed by atoms with Gasteiger partial charge >= 0.3 is 0 Å². The maximum atomic E-state index is 13.1. The van der Waals surface area contributed by atoms with Crippen LogP contribution in [0.15, 0.2) is 60.9 Å². The summed E-state index contributed by atoms with van der Waals surface area (Å²) >= 11 is 0. The smallest absolute Gasteiger partial charge is 0.254 e. The van der Waals surface area contributed by atoms with Crippen LogP contribution in [-0.2, 0) is 6.42 Å². The third kappa shape index (κ3) is 4.83. The van der Waals surface area contributed by atoms with Crippen LogP contribution in [0.1, 0.15) is 15.9 Å². The van der Waals surface area contributed by atoms with Gasteiger partial charge in [-0.1, -0.05) is 18.2 Å². The zero-order chi connectivity index (χ0) is 18.4. The normalized spacial score (nSPS) is 10.4. The number of nitrogens with zero attached hydrogens (tertiary/aromatic N) is 2. The van der Waals surface area contributed by atoms with E-state index in [9.17, 15) is 13.6 Å². The lowest BCUT2D eigenvalue weighted by atomic mass is 10.1. The highest BCUT2D eigenvalue weighted by molar-refractivity contribution is 5.93. The first-order valence-corrected chi connectivity index (χ1v) is 7.97. The molecule has 2 aromatic carbocycles. The van der Waals surface area contributed by atoms with Crippen molar-refractivity contribution >= 4 is 17.5 Å². The van der Waals surface area contributed by atoms with Crippen LogP contribution in [0.2, 0.25) is 0 Å². The van der Waals surface area contributed by atoms with E-state index in [1.54, 1.807) is 24.3 Å². The van der Waals surface area contributed by atoms with Crippen molar-refractivity contribution in [2.45, 2.75) is 6.42 Å². The van der Waals surface area contributed by atoms with Crippen LogP contribution in [0, 0.1) is 11.6 Å². The topological polar surface area (TPSA) is 66.9 Å². The van der Waals surface area contributed by atoms with Gasteiger partial charge in [0.2, 0.25) is 5.95 Å². The molecule has 3 rings (SSSR count). The minimum absolute atomic E-state index is 0.262. The maximum absolute atomic E-state index is 13.1. The molecule has 5 nitrogen and oxygen atoms in total. The molecule has 0 spiro atoms. The highest BCUT2D eigenvalue weighted by Gasteiger charge is 2.07. The second-order valence-corrected chi connectivity index (χ2v) is 5.56. The van der Waals surface area contributed by atoms with Gasteiger partial charge in [-0.25, -0.2) is 18.7 Å². The number of hydrogen-bond acceptors (Lipinski definition) is 4. The Hall–Kier alpha value is -3.35. The van der Waals surface area contributed by atoms with Gasteiger partial charge in [-0.05, 0) is 42.3 Å². The Morgan fingerprint density at radius 3 is 2.38 bits per heavy atom. The zero-order valence-electron chi connectivity index (χ0n) is 13.7. The van der Waals surface area contributed by atoms with Crippen LogP contribution in [0.25, 0.3) is 0 Å². The monoisotopic (exact) mass is 354 g/mol. The average Bonchev–Trinajstić information content (AvgIpc) is 2.64. The molecule has 7 heteroatoms. The Kier molecular flexibility index (Phi) is 5.48. The van der Waals surface area contributed by atoms with E-state index in [4.69, 9.17) is 0 Å². The molecule has 26 heavy (non-hydrogen) atoms. The lowest BCUT2D eigenvalue weighted by Gasteiger charge is -2.07. The molecule has 1 amide bonds. The molecule has 2 N–H and O–H groups in total. The molecule has 3 aromatic rings. The molecule has 0 aliphatic rings. The summed E-state index contributed by atoms with van der Waals surface area (Å²) in [5.74, 6) is -0.697. The Balaban J connectivity index is 1.52. The fraction of sp³-hybridized carbons (Fsp3) is 0.105. The number of anilines is 2. The number of amides is 1. The van der Waals surface area contributed by atoms with Gasteiger partial charge in [0.1, 0.15) is 11.6 Å². The molecule has 1 heterocycles. The third-order valence-electron chi connectivity index (χ3n) is 3.61. The van der Waals surface area contributed by atoms with Crippen LogP contribution in [0.3, 0.4) is 0 Å². The molecule has 0 saturated heterocycles. The quantitative estimate of drug-likeness (QED) is 0.711. The number of hydrogen-bond donors (Lipinski definition) is 2. The van der Waals surface area contributed by atoms with Gasteiger partial charge in [-0.15, -0.1) is 0 Å². The van der Waals surface area contributed by atoms with Gasteiger partial charge in [-0.2, -0.15) is 0 Å². The van der Waals surface area contributed by atoms with Gasteiger partial charge in [0.15, 0.2) is 0 Å². The van der Waals surface area contributed by atoms with Gasteiger partial charge < -0.3 is 10.6 Å². The van der Waals surface area contributed by atoms with Crippen LogP contribution >= 0.6 is 0 Å². The van der Waals surface area contributed by atoms with E-state index >= 15 is 0 Å². The summed E-state index contributed by atoms with van der Waals surface area (Å²) in [5.41, 5.74) is 1.76. The number of benzene rings is 2. The number of halogens is 2. The van der Waals surface area contributed by atoms with E-state index in [1.165, 1.54) is 36.7 Å². The van der Waals surface area contributed by atoms with Crippen molar-refractivity contribution in [2.75, 3.05) is 11.9 Å². The SMILES string of the molecule is O=C(NCCc1ccc(F)cc1)c1cnc(Nc2cccc(F)c2)nc1. The summed E-state index contributed by atoms with van der Waals surface area (Å²) in [6.07, 6.45) is 3.37. The van der Waals surface area contributed by atoms with Crippen molar-refractivity contribution in [3.63, 3.8) is 0 Å². The summed E-state index contributed by atoms with van der Waals surface area (Å²) in [4.78, 5) is 20.2. The van der Waals surface area contributed by atoms with Crippen molar-refractivity contribution in [3.05, 3.63) is 83.7 Å². The lowest BCUT2D eigenvalue weighted by Crippen LogP contribution is -2.26. The first-order chi connectivity index (χ1) is 12.6. The fourth-order valence-corrected chi connectivity index (χ4v) is 2.28. The summed E-state index contributed by atoms with van der Waals surface area (Å²) in [6, 6.07) is 12.0. The molecule has 0 aliphatic carbocycles. The van der Waals surface area contributed by atoms with Crippen LogP contribution in [0.5, 0.6) is 0 Å². The fourth-order valence-electron chi connectivity index (χ4n) is 2.28. The van der Waals surface area contributed by atoms with Crippen molar-refractivity contribution in [2.24, 2.45) is 0 Å². The first-order valence-electron chi connectivity index (χ1n) is 7.97. The molecule has 0 radical (unpaired) electrons. The second kappa shape index (κ2) is 8.15. The minimum atomic E-state index is -0.368. The van der Waals surface area contributed by atoms with E-state index < -0.39 is 0 Å². The maximum Gasteiger partial charge on any atom is 0.254 e. The van der Waals surface area contributed by atoms with Gasteiger partial charge in [0.25, 0.3) is 5.91 Å². The predicted molar refractivity (Wildman–Crippen MR) is 94.2 cm³/mol. The third-order valence-corrected chi connectivity index (χ3v) is 3.61. The summed E-state index contributed by atoms with van der Waals surface area (Å²) < 4.78 is 26.0. The van der Waals surface area contributed by atoms with E-state index in [0.29, 0.717) is 24.2 Å². The van der Waals surface area contributed by atoms with Gasteiger partial charge in [-0.3, -0.25) is 4.79 Å². The Labute approximate surface area is 149 Å². The average molecular weight is 354 g/mol. The Morgan fingerprint density at radius 1 is 0.962 bits per heavy atom. The summed E-state index contributed by atoms with van der Waals surface area (Å²) in [5, 5.41) is 5.61. The van der Waals surface area contributed by atoms with E-state index in [1.807, 2.05) is 0 Å². The van der Waals surface area contributed by atoms with E-state index in [2.05, 4.69) is 20.6 Å². The molecular weight excluding hydrogens is 338 g/mol. The van der Waals surface area contributed by atoms with Crippen LogP contribution in [-0.4, -0.2) is 22.4 Å². The zero-order valence-corrected chi connectivity index (χ0v) is 13.7. The number of rotatable bonds is 6. The molecular formula is C19H16F2N4O. The molecule has 132 valence electrons. The standard InChI is InChI=1S/C19H16F2N4O/c20-15-6-4-13(5-7-15)8-9-22-18(26)14-11-23-19(24-12-14)25-17-3-1-2-16(21)10-17/h1-7,10-12H,8-9H2,(H,22,26)(H,23,24,25). The van der Waals surface area contributed by atoms with Crippen LogP contribution < -0.4 is 10.6 Å². The first kappa shape index (κ1) is 17.5.